The van der Waals surface area contributed by atoms with Crippen LogP contribution in [0.4, 0.5) is 0 Å². The van der Waals surface area contributed by atoms with Gasteiger partial charge in [-0.1, -0.05) is 24.3 Å². The standard InChI is InChI=1S/C17H16N2/c18-8-4-5-11-9-16-17(14-10-13(11)14)12-6-2-1-3-7-15(12)19-16/h1-3,6-7,9H,4-5,8,10,18H2. The SMILES string of the molecule is NCCCc1cc2nc3cccccc-3c2c2c1C2. The molecule has 2 N–H and O–H groups in total. The lowest BCUT2D eigenvalue weighted by atomic mass is 10.1. The van der Waals surface area contributed by atoms with Crippen molar-refractivity contribution in [3.05, 3.63) is 53.1 Å². The third-order valence-electron chi connectivity index (χ3n) is 4.02. The van der Waals surface area contributed by atoms with E-state index in [1.54, 1.807) is 5.56 Å². The summed E-state index contributed by atoms with van der Waals surface area (Å²) in [5, 5.41) is 1.37. The van der Waals surface area contributed by atoms with Gasteiger partial charge >= 0.3 is 0 Å². The summed E-state index contributed by atoms with van der Waals surface area (Å²) in [5.74, 6) is 0. The van der Waals surface area contributed by atoms with Gasteiger partial charge in [0.2, 0.25) is 0 Å². The molecule has 1 aromatic rings. The molecule has 1 heterocycles. The summed E-state index contributed by atoms with van der Waals surface area (Å²) in [7, 11) is 0. The number of nitrogens with zero attached hydrogens (tertiary/aromatic N) is 1. The molecule has 94 valence electrons. The first kappa shape index (κ1) is 10.9. The zero-order valence-electron chi connectivity index (χ0n) is 10.8. The predicted molar refractivity (Wildman–Crippen MR) is 78.5 cm³/mol. The van der Waals surface area contributed by atoms with Crippen LogP contribution < -0.4 is 5.73 Å². The molecule has 2 aliphatic carbocycles. The Labute approximate surface area is 112 Å². The smallest absolute Gasteiger partial charge is 0.0722 e. The molecule has 1 aromatic carbocycles. The topological polar surface area (TPSA) is 38.9 Å². The Morgan fingerprint density at radius 1 is 1.11 bits per heavy atom. The fourth-order valence-corrected chi connectivity index (χ4v) is 3.04. The maximum atomic E-state index is 5.62. The van der Waals surface area contributed by atoms with Crippen molar-refractivity contribution in [1.82, 2.24) is 4.98 Å². The Morgan fingerprint density at radius 3 is 2.89 bits per heavy atom. The van der Waals surface area contributed by atoms with Crippen LogP contribution in [0.1, 0.15) is 23.1 Å². The van der Waals surface area contributed by atoms with Gasteiger partial charge in [-0.05, 0) is 54.6 Å². The molecule has 0 fully saturated rings. The van der Waals surface area contributed by atoms with Gasteiger partial charge in [0, 0.05) is 10.9 Å². The van der Waals surface area contributed by atoms with Gasteiger partial charge in [-0.25, -0.2) is 4.98 Å². The highest BCUT2D eigenvalue weighted by molar-refractivity contribution is 6.03. The zero-order chi connectivity index (χ0) is 12.8. The number of benzene rings is 1. The number of nitrogens with two attached hydrogens (primary N) is 1. The van der Waals surface area contributed by atoms with Gasteiger partial charge in [0.15, 0.2) is 0 Å². The molecule has 0 bridgehead atoms. The van der Waals surface area contributed by atoms with Crippen LogP contribution in [0.2, 0.25) is 0 Å². The highest BCUT2D eigenvalue weighted by atomic mass is 14.7. The molecule has 2 heteroatoms. The Morgan fingerprint density at radius 2 is 2.00 bits per heavy atom. The Kier molecular flexibility index (Phi) is 2.32. The minimum Gasteiger partial charge on any atom is -0.330 e. The molecule has 4 rings (SSSR count). The summed E-state index contributed by atoms with van der Waals surface area (Å²) in [6, 6.07) is 12.8. The summed E-state index contributed by atoms with van der Waals surface area (Å²) in [6.45, 7) is 0.763. The van der Waals surface area contributed by atoms with Gasteiger partial charge in [-0.3, -0.25) is 0 Å². The van der Waals surface area contributed by atoms with E-state index in [9.17, 15) is 0 Å². The van der Waals surface area contributed by atoms with Crippen LogP contribution in [0, 0.1) is 0 Å². The minimum atomic E-state index is 0.763. The first-order valence-electron chi connectivity index (χ1n) is 6.90. The van der Waals surface area contributed by atoms with Crippen molar-refractivity contribution < 1.29 is 0 Å². The van der Waals surface area contributed by atoms with E-state index >= 15 is 0 Å². The minimum absolute atomic E-state index is 0.763. The second kappa shape index (κ2) is 4.04. The van der Waals surface area contributed by atoms with Gasteiger partial charge in [0.05, 0.1) is 11.2 Å². The van der Waals surface area contributed by atoms with Crippen molar-refractivity contribution in [3.8, 4) is 11.3 Å². The monoisotopic (exact) mass is 248 g/mol. The number of fused-ring (bicyclic) bond motifs is 5. The van der Waals surface area contributed by atoms with Crippen molar-refractivity contribution in [2.75, 3.05) is 6.54 Å². The first-order chi connectivity index (χ1) is 9.38. The van der Waals surface area contributed by atoms with E-state index in [-0.39, 0.29) is 0 Å². The number of aryl methyl sites for hydroxylation is 1. The normalized spacial score (nSPS) is 12.9. The van der Waals surface area contributed by atoms with Crippen LogP contribution >= 0.6 is 0 Å². The molecule has 0 aromatic heterocycles. The van der Waals surface area contributed by atoms with Crippen molar-refractivity contribution in [3.63, 3.8) is 0 Å². The number of aromatic nitrogens is 1. The van der Waals surface area contributed by atoms with Crippen LogP contribution in [-0.2, 0) is 12.8 Å². The van der Waals surface area contributed by atoms with E-state index in [1.807, 2.05) is 0 Å². The van der Waals surface area contributed by atoms with Crippen molar-refractivity contribution >= 4 is 10.9 Å². The van der Waals surface area contributed by atoms with E-state index in [4.69, 9.17) is 10.7 Å². The quantitative estimate of drug-likeness (QED) is 0.605. The van der Waals surface area contributed by atoms with Crippen LogP contribution in [0.15, 0.2) is 36.4 Å². The second-order valence-electron chi connectivity index (χ2n) is 5.28. The van der Waals surface area contributed by atoms with E-state index in [0.717, 1.165) is 37.0 Å². The first-order valence-corrected chi connectivity index (χ1v) is 6.90. The number of hydrogen-bond donors (Lipinski definition) is 1. The third kappa shape index (κ3) is 1.64. The molecular formula is C17H16N2. The van der Waals surface area contributed by atoms with E-state index < -0.39 is 0 Å². The molecule has 0 amide bonds. The summed E-state index contributed by atoms with van der Waals surface area (Å²) in [6.07, 6.45) is 3.29. The van der Waals surface area contributed by atoms with Crippen molar-refractivity contribution in [2.45, 2.75) is 19.3 Å². The van der Waals surface area contributed by atoms with Crippen molar-refractivity contribution in [2.24, 2.45) is 5.73 Å². The Balaban J connectivity index is 1.95. The molecule has 1 aliphatic heterocycles. The summed E-state index contributed by atoms with van der Waals surface area (Å²) in [4.78, 5) is 4.79. The summed E-state index contributed by atoms with van der Waals surface area (Å²) >= 11 is 0. The number of hydrogen-bond acceptors (Lipinski definition) is 2. The van der Waals surface area contributed by atoms with Crippen LogP contribution in [0.5, 0.6) is 0 Å². The zero-order valence-corrected chi connectivity index (χ0v) is 10.8. The molecule has 0 spiro atoms. The van der Waals surface area contributed by atoms with Gasteiger partial charge in [0.25, 0.3) is 0 Å². The van der Waals surface area contributed by atoms with Crippen LogP contribution in [-0.4, -0.2) is 11.5 Å². The largest absolute Gasteiger partial charge is 0.330 e. The molecule has 0 saturated carbocycles. The van der Waals surface area contributed by atoms with Gasteiger partial charge in [0.1, 0.15) is 0 Å². The van der Waals surface area contributed by atoms with E-state index in [0.29, 0.717) is 0 Å². The highest BCUT2D eigenvalue weighted by Crippen LogP contribution is 2.44. The third-order valence-corrected chi connectivity index (χ3v) is 4.02. The Hall–Kier alpha value is -1.93. The van der Waals surface area contributed by atoms with E-state index in [1.165, 1.54) is 22.1 Å². The molecule has 3 aliphatic rings. The fraction of sp³-hybridized carbons (Fsp3) is 0.235. The Bertz CT molecular complexity index is 746. The molecule has 0 radical (unpaired) electrons. The summed E-state index contributed by atoms with van der Waals surface area (Å²) < 4.78 is 0. The lowest BCUT2D eigenvalue weighted by Gasteiger charge is -1.99. The maximum absolute atomic E-state index is 5.62. The average Bonchev–Trinajstić information content (AvgIpc) is 3.18. The average molecular weight is 248 g/mol. The second-order valence-corrected chi connectivity index (χ2v) is 5.28. The van der Waals surface area contributed by atoms with Gasteiger partial charge in [-0.15, -0.1) is 0 Å². The molecule has 19 heavy (non-hydrogen) atoms. The fourth-order valence-electron chi connectivity index (χ4n) is 3.04. The molecule has 0 atom stereocenters. The lowest BCUT2D eigenvalue weighted by molar-refractivity contribution is 0.832. The summed E-state index contributed by atoms with van der Waals surface area (Å²) in [5.41, 5.74) is 13.7. The number of rotatable bonds is 3. The molecule has 2 nitrogen and oxygen atoms in total. The highest BCUT2D eigenvalue weighted by Gasteiger charge is 2.28. The van der Waals surface area contributed by atoms with Gasteiger partial charge < -0.3 is 5.73 Å². The molecular weight excluding hydrogens is 232 g/mol. The van der Waals surface area contributed by atoms with Crippen LogP contribution in [0.25, 0.3) is 22.2 Å². The van der Waals surface area contributed by atoms with Gasteiger partial charge in [-0.2, -0.15) is 0 Å². The predicted octanol–water partition coefficient (Wildman–Crippen LogP) is 3.14. The lowest BCUT2D eigenvalue weighted by Crippen LogP contribution is -2.00. The molecule has 0 saturated heterocycles. The van der Waals surface area contributed by atoms with Crippen molar-refractivity contribution in [1.29, 1.82) is 0 Å². The maximum Gasteiger partial charge on any atom is 0.0722 e. The van der Waals surface area contributed by atoms with E-state index in [2.05, 4.69) is 36.4 Å². The molecule has 0 unspecified atom stereocenters. The van der Waals surface area contributed by atoms with Crippen LogP contribution in [0.3, 0.4) is 0 Å².